The molecule has 3 aliphatic rings. The van der Waals surface area contributed by atoms with Gasteiger partial charge in [-0.15, -0.1) is 23.2 Å². The first-order valence-electron chi connectivity index (χ1n) is 26.1. The highest BCUT2D eigenvalue weighted by atomic mass is 35.5. The first-order valence-corrected chi connectivity index (χ1v) is 28.7. The number of aromatic nitrogens is 2. The average Bonchev–Trinajstić information content (AvgIpc) is 2.98. The molecule has 81 heavy (non-hydrogen) atoms. The molecular formula is C67H48BCl6F3N2O2. The van der Waals surface area contributed by atoms with Crippen LogP contribution in [0, 0.1) is 0 Å². The second kappa shape index (κ2) is 23.3. The zero-order valence-corrected chi connectivity index (χ0v) is 48.1. The van der Waals surface area contributed by atoms with E-state index in [1.165, 1.54) is 44.6 Å². The molecule has 15 rings (SSSR count). The van der Waals surface area contributed by atoms with Gasteiger partial charge in [0.15, 0.2) is 0 Å². The van der Waals surface area contributed by atoms with Gasteiger partial charge in [-0.2, -0.15) is 0 Å². The van der Waals surface area contributed by atoms with Crippen LogP contribution in [0.25, 0.3) is 77.2 Å². The van der Waals surface area contributed by atoms with E-state index in [1.807, 2.05) is 111 Å². The van der Waals surface area contributed by atoms with Gasteiger partial charge in [-0.1, -0.05) is 180 Å². The van der Waals surface area contributed by atoms with Crippen LogP contribution < -0.4 is 0 Å². The van der Waals surface area contributed by atoms with Crippen molar-refractivity contribution in [2.75, 3.05) is 18.6 Å². The van der Waals surface area contributed by atoms with Crippen molar-refractivity contribution in [1.82, 2.24) is 9.13 Å². The molecule has 0 saturated carbocycles. The zero-order chi connectivity index (χ0) is 56.7. The third-order valence-corrected chi connectivity index (χ3v) is 16.2. The molecule has 404 valence electrons. The lowest BCUT2D eigenvalue weighted by atomic mass is 9.65. The van der Waals surface area contributed by atoms with E-state index in [9.17, 15) is 18.1 Å². The minimum absolute atomic E-state index is 0.194. The largest absolute Gasteiger partial charge is 0.762 e. The van der Waals surface area contributed by atoms with E-state index in [1.54, 1.807) is 0 Å². The molecule has 0 fully saturated rings. The summed E-state index contributed by atoms with van der Waals surface area (Å²) < 4.78 is 38.4. The van der Waals surface area contributed by atoms with Gasteiger partial charge in [-0.3, -0.25) is 12.9 Å². The predicted octanol–water partition coefficient (Wildman–Crippen LogP) is 20.5. The van der Waals surface area contributed by atoms with E-state index in [-0.39, 0.29) is 5.34 Å². The van der Waals surface area contributed by atoms with Crippen LogP contribution in [0.1, 0.15) is 52.8 Å². The van der Waals surface area contributed by atoms with Crippen LogP contribution >= 0.6 is 69.6 Å². The molecule has 0 saturated heterocycles. The lowest BCUT2D eigenvalue weighted by Gasteiger charge is -2.39. The Morgan fingerprint density at radius 3 is 1.17 bits per heavy atom. The predicted molar refractivity (Wildman–Crippen MR) is 334 cm³/mol. The maximum atomic E-state index is 12.6. The highest BCUT2D eigenvalue weighted by molar-refractivity contribution is 6.40. The van der Waals surface area contributed by atoms with Crippen molar-refractivity contribution in [1.29, 1.82) is 0 Å². The smallest absolute Gasteiger partial charge is 0.382 e. The quantitative estimate of drug-likeness (QED) is 0.141. The first-order chi connectivity index (χ1) is 39.3. The molecule has 0 radical (unpaired) electrons. The molecule has 1 spiro atoms. The van der Waals surface area contributed by atoms with Crippen molar-refractivity contribution in [2.45, 2.75) is 24.9 Å². The van der Waals surface area contributed by atoms with Crippen molar-refractivity contribution < 1.29 is 22.8 Å². The molecule has 0 atom stereocenters. The number of hydrogen-bond acceptors (Lipinski definition) is 2. The van der Waals surface area contributed by atoms with Crippen LogP contribution in [-0.2, 0) is 15.8 Å². The zero-order valence-electron chi connectivity index (χ0n) is 43.6. The fourth-order valence-electron chi connectivity index (χ4n) is 12.5. The van der Waals surface area contributed by atoms with E-state index in [0.717, 1.165) is 94.9 Å². The highest BCUT2D eigenvalue weighted by Gasteiger charge is 2.51. The van der Waals surface area contributed by atoms with Crippen LogP contribution in [0.5, 0.6) is 0 Å². The Bertz CT molecular complexity index is 4200. The van der Waals surface area contributed by atoms with Gasteiger partial charge < -0.3 is 19.0 Å². The molecule has 0 unspecified atom stereocenters. The fourth-order valence-corrected chi connectivity index (χ4v) is 13.2. The lowest BCUT2D eigenvalue weighted by molar-refractivity contribution is 0.130. The average molecular weight is 1190 g/mol. The summed E-state index contributed by atoms with van der Waals surface area (Å²) in [5.74, 6) is 0. The van der Waals surface area contributed by atoms with Gasteiger partial charge in [-0.05, 0) is 137 Å². The van der Waals surface area contributed by atoms with Crippen molar-refractivity contribution in [3.8, 4) is 33.6 Å². The summed E-state index contributed by atoms with van der Waals surface area (Å²) in [6, 6.07) is 73.0. The Morgan fingerprint density at radius 2 is 0.741 bits per heavy atom. The SMILES string of the molecule is CCOCC.ClCCl.Clc1ccc2c(c1)c1cc(Cl)cc3c1n2-c1ccccc1C31c2ccccc2-c2ccccc21.FB(F)F.OC1(c2ccccc2-n2c3ccc(Cl)cc3c3cc(Cl)ccc32)c2ccccc2-c2ccccc21. The lowest BCUT2D eigenvalue weighted by Crippen LogP contribution is -2.33. The van der Waals surface area contributed by atoms with Gasteiger partial charge in [0.25, 0.3) is 0 Å². The second-order valence-corrected chi connectivity index (χ2v) is 21.9. The van der Waals surface area contributed by atoms with Crippen molar-refractivity contribution in [2.24, 2.45) is 0 Å². The summed E-state index contributed by atoms with van der Waals surface area (Å²) in [6.45, 7) is 5.67. The van der Waals surface area contributed by atoms with Crippen LogP contribution in [-0.4, -0.2) is 40.3 Å². The molecule has 0 amide bonds. The number of alkyl halides is 2. The van der Waals surface area contributed by atoms with Gasteiger partial charge in [0.05, 0.1) is 44.2 Å². The van der Waals surface area contributed by atoms with Crippen LogP contribution in [0.3, 0.4) is 0 Å². The highest BCUT2D eigenvalue weighted by Crippen LogP contribution is 2.61. The van der Waals surface area contributed by atoms with Crippen molar-refractivity contribution in [3.63, 3.8) is 0 Å². The summed E-state index contributed by atoms with van der Waals surface area (Å²) in [6.07, 6.45) is 0. The molecule has 2 aliphatic carbocycles. The Balaban J connectivity index is 0.000000143. The van der Waals surface area contributed by atoms with Gasteiger partial charge in [0.1, 0.15) is 5.60 Å². The number of ether oxygens (including phenoxy) is 1. The standard InChI is InChI=1S/C31H19Cl2NO.C31H17Cl2N.C4H10O.CH2Cl2.BF3/c32-19-13-15-28-23(17-19)24-18-20(33)14-16-29(24)34(28)30-12-6-5-11-27(30)31(35)25-9-3-1-7-21(25)22-8-2-4-10-26(22)31;32-18-13-14-28-22(15-18)23-16-19(33)17-27-30(23)34(28)29-12-6-5-11-26(29)31(27)24-9-3-1-7-20(24)21-8-2-4-10-25(21)31;1-3-5-4-2;2-1-3;2-1(3)4/h1-18,35H;1-17H;3-4H2,1-2H3;1H2;. The van der Waals surface area contributed by atoms with Crippen LogP contribution in [0.2, 0.25) is 20.1 Å². The summed E-state index contributed by atoms with van der Waals surface area (Å²) >= 11 is 35.7. The van der Waals surface area contributed by atoms with Gasteiger partial charge in [0, 0.05) is 71.5 Å². The molecule has 12 aromatic rings. The van der Waals surface area contributed by atoms with E-state index in [0.29, 0.717) is 10.0 Å². The van der Waals surface area contributed by atoms with Crippen molar-refractivity contribution >= 4 is 121 Å². The van der Waals surface area contributed by atoms with Gasteiger partial charge in [-0.25, -0.2) is 0 Å². The van der Waals surface area contributed by atoms with Gasteiger partial charge >= 0.3 is 7.54 Å². The Hall–Kier alpha value is -6.69. The Kier molecular flexibility index (Phi) is 16.2. The summed E-state index contributed by atoms with van der Waals surface area (Å²) in [5.41, 5.74) is 17.1. The molecular weight excluding hydrogens is 1150 g/mol. The maximum Gasteiger partial charge on any atom is 0.762 e. The number of rotatable bonds is 4. The number of para-hydroxylation sites is 2. The van der Waals surface area contributed by atoms with Gasteiger partial charge in [0.2, 0.25) is 0 Å². The molecule has 3 heterocycles. The normalized spacial score (nSPS) is 13.1. The summed E-state index contributed by atoms with van der Waals surface area (Å²) in [4.78, 5) is 0. The van der Waals surface area contributed by atoms with E-state index < -0.39 is 18.6 Å². The maximum absolute atomic E-state index is 12.6. The summed E-state index contributed by atoms with van der Waals surface area (Å²) in [7, 11) is -3.67. The first kappa shape index (κ1) is 56.2. The number of hydrogen-bond donors (Lipinski definition) is 1. The molecule has 2 aromatic heterocycles. The molecule has 1 aliphatic heterocycles. The van der Waals surface area contributed by atoms with Crippen LogP contribution in [0.4, 0.5) is 12.9 Å². The topological polar surface area (TPSA) is 39.3 Å². The summed E-state index contributed by atoms with van der Waals surface area (Å²) in [5, 5.41) is 19.9. The van der Waals surface area contributed by atoms with E-state index >= 15 is 0 Å². The molecule has 0 bridgehead atoms. The number of fused-ring (bicyclic) bond motifs is 18. The molecule has 4 nitrogen and oxygen atoms in total. The van der Waals surface area contributed by atoms with Crippen LogP contribution in [0.15, 0.2) is 212 Å². The van der Waals surface area contributed by atoms with Crippen molar-refractivity contribution in [3.05, 3.63) is 271 Å². The Morgan fingerprint density at radius 1 is 0.407 bits per heavy atom. The third-order valence-electron chi connectivity index (χ3n) is 15.2. The van der Waals surface area contributed by atoms with E-state index in [4.69, 9.17) is 74.3 Å². The number of nitrogens with zero attached hydrogens (tertiary/aromatic N) is 2. The number of halogens is 9. The Labute approximate surface area is 497 Å². The molecule has 14 heteroatoms. The minimum atomic E-state index is -3.67. The third kappa shape index (κ3) is 9.48. The second-order valence-electron chi connectivity index (χ2n) is 19.3. The fraction of sp³-hybridized carbons (Fsp3) is 0.104. The van der Waals surface area contributed by atoms with E-state index in [2.05, 4.69) is 124 Å². The molecule has 10 aromatic carbocycles. The monoisotopic (exact) mass is 1190 g/mol. The number of benzene rings is 10. The number of aliphatic hydroxyl groups is 1. The minimum Gasteiger partial charge on any atom is -0.382 e. The molecule has 1 N–H and O–H groups in total.